The summed E-state index contributed by atoms with van der Waals surface area (Å²) in [6.45, 7) is 16.8. The molecule has 31 heavy (non-hydrogen) atoms. The number of nitro groups is 1. The second kappa shape index (κ2) is 9.23. The number of nitro benzene ring substituents is 1. The second-order valence-electron chi connectivity index (χ2n) is 10.1. The first kappa shape index (κ1) is 24.6. The van der Waals surface area contributed by atoms with E-state index in [0.717, 1.165) is 28.0 Å². The zero-order valence-electron chi connectivity index (χ0n) is 20.3. The number of rotatable bonds is 6. The van der Waals surface area contributed by atoms with Crippen LogP contribution in [-0.2, 0) is 15.6 Å². The van der Waals surface area contributed by atoms with Crippen LogP contribution in [0.25, 0.3) is 12.2 Å². The third-order valence-electron chi connectivity index (χ3n) is 5.21. The average Bonchev–Trinajstić information content (AvgIpc) is 2.62. The molecule has 0 fully saturated rings. The van der Waals surface area contributed by atoms with Crippen LogP contribution in [0.2, 0.25) is 0 Å². The van der Waals surface area contributed by atoms with Gasteiger partial charge in [-0.05, 0) is 60.1 Å². The van der Waals surface area contributed by atoms with Gasteiger partial charge in [-0.1, -0.05) is 53.7 Å². The number of hydrogen-bond acceptors (Lipinski definition) is 4. The molecule has 0 heterocycles. The standard InChI is InChI=1S/C26H35NO4/c1-17-12-19(13-18(2)23(17)27(28)29)10-11-20-14-21(25(3,4)5)24(31-16-30-9)22(15-20)26(6,7)8/h10-15H,16H2,1-9H3/b11-10+. The number of ether oxygens (including phenoxy) is 2. The Kier molecular flexibility index (Phi) is 7.32. The lowest BCUT2D eigenvalue weighted by molar-refractivity contribution is -0.386. The quantitative estimate of drug-likeness (QED) is 0.217. The smallest absolute Gasteiger partial charge is 0.275 e. The summed E-state index contributed by atoms with van der Waals surface area (Å²) in [6, 6.07) is 8.02. The molecule has 0 radical (unpaired) electrons. The molecule has 5 nitrogen and oxygen atoms in total. The second-order valence-corrected chi connectivity index (χ2v) is 10.1. The highest BCUT2D eigenvalue weighted by molar-refractivity contribution is 5.73. The topological polar surface area (TPSA) is 61.6 Å². The van der Waals surface area contributed by atoms with Crippen LogP contribution in [0.1, 0.15) is 74.9 Å². The fourth-order valence-electron chi connectivity index (χ4n) is 3.70. The summed E-state index contributed by atoms with van der Waals surface area (Å²) < 4.78 is 11.2. The normalized spacial score (nSPS) is 12.4. The van der Waals surface area contributed by atoms with Crippen LogP contribution in [0.3, 0.4) is 0 Å². The molecule has 2 rings (SSSR count). The van der Waals surface area contributed by atoms with E-state index in [9.17, 15) is 10.1 Å². The van der Waals surface area contributed by atoms with Gasteiger partial charge >= 0.3 is 0 Å². The number of benzene rings is 2. The van der Waals surface area contributed by atoms with Crippen molar-refractivity contribution in [2.75, 3.05) is 13.9 Å². The number of hydrogen-bond donors (Lipinski definition) is 0. The zero-order chi connectivity index (χ0) is 23.6. The predicted molar refractivity (Wildman–Crippen MR) is 128 cm³/mol. The van der Waals surface area contributed by atoms with Crippen LogP contribution < -0.4 is 4.74 Å². The van der Waals surface area contributed by atoms with Crippen LogP contribution >= 0.6 is 0 Å². The van der Waals surface area contributed by atoms with E-state index in [1.165, 1.54) is 0 Å². The van der Waals surface area contributed by atoms with E-state index in [-0.39, 0.29) is 28.2 Å². The first-order chi connectivity index (χ1) is 14.3. The van der Waals surface area contributed by atoms with Crippen molar-refractivity contribution in [1.29, 1.82) is 0 Å². The largest absolute Gasteiger partial charge is 0.467 e. The molecule has 2 aromatic rings. The van der Waals surface area contributed by atoms with Gasteiger partial charge < -0.3 is 9.47 Å². The average molecular weight is 426 g/mol. The van der Waals surface area contributed by atoms with Gasteiger partial charge in [0.15, 0.2) is 6.79 Å². The predicted octanol–water partition coefficient (Wildman–Crippen LogP) is 6.96. The van der Waals surface area contributed by atoms with Crippen molar-refractivity contribution in [3.05, 3.63) is 67.8 Å². The van der Waals surface area contributed by atoms with Crippen molar-refractivity contribution in [3.63, 3.8) is 0 Å². The van der Waals surface area contributed by atoms with E-state index in [2.05, 4.69) is 59.8 Å². The Morgan fingerprint density at radius 2 is 1.29 bits per heavy atom. The minimum absolute atomic E-state index is 0.118. The maximum Gasteiger partial charge on any atom is 0.275 e. The van der Waals surface area contributed by atoms with Gasteiger partial charge in [-0.3, -0.25) is 10.1 Å². The van der Waals surface area contributed by atoms with Gasteiger partial charge in [0, 0.05) is 29.4 Å². The third kappa shape index (κ3) is 5.95. The van der Waals surface area contributed by atoms with E-state index >= 15 is 0 Å². The molecule has 0 saturated carbocycles. The molecule has 0 aromatic heterocycles. The first-order valence-electron chi connectivity index (χ1n) is 10.5. The van der Waals surface area contributed by atoms with Crippen molar-refractivity contribution in [3.8, 4) is 5.75 Å². The molecule has 168 valence electrons. The minimum atomic E-state index is -0.317. The molecular formula is C26H35NO4. The summed E-state index contributed by atoms with van der Waals surface area (Å²) in [7, 11) is 1.62. The van der Waals surface area contributed by atoms with E-state index < -0.39 is 0 Å². The SMILES string of the molecule is COCOc1c(C(C)(C)C)cc(/C=C/c2cc(C)c([N+](=O)[O-])c(C)c2)cc1C(C)(C)C. The van der Waals surface area contributed by atoms with Crippen molar-refractivity contribution < 1.29 is 14.4 Å². The van der Waals surface area contributed by atoms with Gasteiger partial charge in [0.1, 0.15) is 5.75 Å². The number of methoxy groups -OCH3 is 1. The highest BCUT2D eigenvalue weighted by atomic mass is 16.7. The van der Waals surface area contributed by atoms with E-state index in [0.29, 0.717) is 11.1 Å². The lowest BCUT2D eigenvalue weighted by Gasteiger charge is -2.30. The van der Waals surface area contributed by atoms with E-state index in [1.54, 1.807) is 21.0 Å². The molecule has 2 aromatic carbocycles. The van der Waals surface area contributed by atoms with Gasteiger partial charge in [-0.15, -0.1) is 0 Å². The Bertz CT molecular complexity index is 933. The highest BCUT2D eigenvalue weighted by Crippen LogP contribution is 2.41. The summed E-state index contributed by atoms with van der Waals surface area (Å²) in [6.07, 6.45) is 4.07. The molecule has 5 heteroatoms. The molecule has 0 aliphatic rings. The van der Waals surface area contributed by atoms with E-state index in [4.69, 9.17) is 9.47 Å². The Hall–Kier alpha value is -2.66. The number of aryl methyl sites for hydroxylation is 2. The van der Waals surface area contributed by atoms with Crippen LogP contribution in [-0.4, -0.2) is 18.8 Å². The van der Waals surface area contributed by atoms with Crippen LogP contribution in [0.5, 0.6) is 5.75 Å². The van der Waals surface area contributed by atoms with Crippen LogP contribution in [0.15, 0.2) is 24.3 Å². The van der Waals surface area contributed by atoms with Crippen LogP contribution in [0, 0.1) is 24.0 Å². The van der Waals surface area contributed by atoms with Gasteiger partial charge in [0.05, 0.1) is 4.92 Å². The van der Waals surface area contributed by atoms with Crippen molar-refractivity contribution >= 4 is 17.8 Å². The maximum absolute atomic E-state index is 11.3. The van der Waals surface area contributed by atoms with E-state index in [1.807, 2.05) is 18.2 Å². The zero-order valence-corrected chi connectivity index (χ0v) is 20.3. The molecule has 0 bridgehead atoms. The summed E-state index contributed by atoms with van der Waals surface area (Å²) in [5.74, 6) is 0.876. The Labute approximate surface area is 186 Å². The lowest BCUT2D eigenvalue weighted by atomic mass is 9.78. The van der Waals surface area contributed by atoms with Gasteiger partial charge in [-0.25, -0.2) is 0 Å². The minimum Gasteiger partial charge on any atom is -0.467 e. The molecule has 0 N–H and O–H groups in total. The Balaban J connectivity index is 2.61. The van der Waals surface area contributed by atoms with Gasteiger partial charge in [0.2, 0.25) is 0 Å². The molecular weight excluding hydrogens is 390 g/mol. The fourth-order valence-corrected chi connectivity index (χ4v) is 3.70. The first-order valence-corrected chi connectivity index (χ1v) is 10.5. The maximum atomic E-state index is 11.3. The monoisotopic (exact) mass is 425 g/mol. The molecule has 0 amide bonds. The van der Waals surface area contributed by atoms with Crippen molar-refractivity contribution in [2.45, 2.75) is 66.2 Å². The molecule has 0 aliphatic heterocycles. The summed E-state index contributed by atoms with van der Waals surface area (Å²) in [5, 5.41) is 11.3. The lowest BCUT2D eigenvalue weighted by Crippen LogP contribution is -2.20. The molecule has 0 aliphatic carbocycles. The Morgan fingerprint density at radius 1 is 0.871 bits per heavy atom. The van der Waals surface area contributed by atoms with Gasteiger partial charge in [-0.2, -0.15) is 0 Å². The fraction of sp³-hybridized carbons (Fsp3) is 0.462. The van der Waals surface area contributed by atoms with Crippen molar-refractivity contribution in [1.82, 2.24) is 0 Å². The summed E-state index contributed by atoms with van der Waals surface area (Å²) >= 11 is 0. The Morgan fingerprint density at radius 3 is 1.65 bits per heavy atom. The number of nitrogens with zero attached hydrogens (tertiary/aromatic N) is 1. The molecule has 0 unspecified atom stereocenters. The molecule has 0 spiro atoms. The molecule has 0 saturated heterocycles. The van der Waals surface area contributed by atoms with Crippen molar-refractivity contribution in [2.24, 2.45) is 0 Å². The summed E-state index contributed by atoms with van der Waals surface area (Å²) in [4.78, 5) is 11.0. The van der Waals surface area contributed by atoms with Gasteiger partial charge in [0.25, 0.3) is 5.69 Å². The highest BCUT2D eigenvalue weighted by Gasteiger charge is 2.27. The third-order valence-corrected chi connectivity index (χ3v) is 5.21. The molecule has 0 atom stereocenters. The van der Waals surface area contributed by atoms with Crippen LogP contribution in [0.4, 0.5) is 5.69 Å². The summed E-state index contributed by atoms with van der Waals surface area (Å²) in [5.41, 5.74) is 5.52.